The third-order valence-corrected chi connectivity index (χ3v) is 10.1. The Balaban J connectivity index is 1.17. The van der Waals surface area contributed by atoms with Crippen molar-refractivity contribution in [2.24, 2.45) is 0 Å². The lowest BCUT2D eigenvalue weighted by Crippen LogP contribution is -2.28. The number of allylic oxidation sites excluding steroid dienone is 2. The van der Waals surface area contributed by atoms with Crippen molar-refractivity contribution in [2.45, 2.75) is 12.0 Å². The summed E-state index contributed by atoms with van der Waals surface area (Å²) in [5.74, 6) is 0.375. The van der Waals surface area contributed by atoms with Crippen LogP contribution in [0.3, 0.4) is 0 Å². The fourth-order valence-electron chi connectivity index (χ4n) is 8.16. The summed E-state index contributed by atoms with van der Waals surface area (Å²) in [5, 5.41) is 10.5. The first-order chi connectivity index (χ1) is 22.3. The molecule has 1 heteroatoms. The van der Waals surface area contributed by atoms with Gasteiger partial charge in [-0.25, -0.2) is 0 Å². The number of fused-ring (bicyclic) bond motifs is 4. The maximum absolute atomic E-state index is 2.52. The Labute approximate surface area is 262 Å². The van der Waals surface area contributed by atoms with Crippen LogP contribution >= 0.6 is 0 Å². The first kappa shape index (κ1) is 24.7. The zero-order valence-corrected chi connectivity index (χ0v) is 24.7. The molecule has 0 saturated heterocycles. The lowest BCUT2D eigenvalue weighted by atomic mass is 9.86. The SMILES string of the molecule is C1=CC2c3ccccc3N(c3cccc(-c4ccc5ccc6c(-c7cccc8ccccc78)ccc7ccc4c5c76)c3)C2C=C1. The molecular weight excluding hydrogens is 542 g/mol. The molecule has 0 saturated carbocycles. The van der Waals surface area contributed by atoms with Gasteiger partial charge in [0.25, 0.3) is 0 Å². The zero-order valence-electron chi connectivity index (χ0n) is 24.7. The van der Waals surface area contributed by atoms with E-state index < -0.39 is 0 Å². The molecule has 8 aromatic rings. The second kappa shape index (κ2) is 9.42. The van der Waals surface area contributed by atoms with Crippen LogP contribution in [0.4, 0.5) is 11.4 Å². The molecule has 1 nitrogen and oxygen atoms in total. The van der Waals surface area contributed by atoms with Gasteiger partial charge in [0.05, 0.1) is 6.04 Å². The van der Waals surface area contributed by atoms with Crippen LogP contribution in [-0.4, -0.2) is 6.04 Å². The van der Waals surface area contributed by atoms with Gasteiger partial charge >= 0.3 is 0 Å². The van der Waals surface area contributed by atoms with Crippen molar-refractivity contribution in [3.8, 4) is 22.3 Å². The number of rotatable bonds is 3. The third kappa shape index (κ3) is 3.56. The summed E-state index contributed by atoms with van der Waals surface area (Å²) in [6, 6.07) is 52.2. The van der Waals surface area contributed by atoms with Gasteiger partial charge in [-0.2, -0.15) is 0 Å². The van der Waals surface area contributed by atoms with Crippen molar-refractivity contribution in [2.75, 3.05) is 4.90 Å². The Morgan fingerprint density at radius 2 is 1.11 bits per heavy atom. The molecule has 0 bridgehead atoms. The molecule has 45 heavy (non-hydrogen) atoms. The maximum atomic E-state index is 2.52. The van der Waals surface area contributed by atoms with Crippen LogP contribution in [0.25, 0.3) is 65.3 Å². The summed E-state index contributed by atoms with van der Waals surface area (Å²) in [6.45, 7) is 0. The fourth-order valence-corrected chi connectivity index (χ4v) is 8.16. The molecule has 0 amide bonds. The maximum Gasteiger partial charge on any atom is 0.0629 e. The Morgan fingerprint density at radius 3 is 2.00 bits per heavy atom. The number of para-hydroxylation sites is 1. The second-order valence-corrected chi connectivity index (χ2v) is 12.4. The lowest BCUT2D eigenvalue weighted by molar-refractivity contribution is 0.745. The summed E-state index contributed by atoms with van der Waals surface area (Å²) in [5.41, 5.74) is 9.04. The van der Waals surface area contributed by atoms with Crippen molar-refractivity contribution < 1.29 is 0 Å². The highest BCUT2D eigenvalue weighted by Gasteiger charge is 2.37. The summed E-state index contributed by atoms with van der Waals surface area (Å²) in [7, 11) is 0. The van der Waals surface area contributed by atoms with Crippen molar-refractivity contribution in [3.63, 3.8) is 0 Å². The van der Waals surface area contributed by atoms with E-state index in [2.05, 4.69) is 169 Å². The Hall–Kier alpha value is -5.66. The molecular formula is C44H29N. The topological polar surface area (TPSA) is 3.24 Å². The average Bonchev–Trinajstić information content (AvgIpc) is 3.45. The van der Waals surface area contributed by atoms with Gasteiger partial charge in [0, 0.05) is 17.3 Å². The molecule has 1 aliphatic carbocycles. The van der Waals surface area contributed by atoms with Crippen molar-refractivity contribution in [1.82, 2.24) is 0 Å². The number of benzene rings is 8. The van der Waals surface area contributed by atoms with Gasteiger partial charge in [0.1, 0.15) is 0 Å². The first-order valence-corrected chi connectivity index (χ1v) is 15.9. The standard InChI is InChI=1S/C44H29N/c1-2-13-33-28(9-1)10-8-16-35(33)36-24-20-30-21-25-39-34(23-19-29-22-26-40(36)44(30)43(29)39)31-11-7-12-32(27-31)45-41-17-5-3-14-37(41)38-15-4-6-18-42(38)45/h1-27,37,41H. The van der Waals surface area contributed by atoms with Gasteiger partial charge in [-0.05, 0) is 89.1 Å². The van der Waals surface area contributed by atoms with Crippen LogP contribution in [0.15, 0.2) is 164 Å². The molecule has 1 heterocycles. The molecule has 0 radical (unpaired) electrons. The van der Waals surface area contributed by atoms with Gasteiger partial charge in [0.15, 0.2) is 0 Å². The molecule has 210 valence electrons. The van der Waals surface area contributed by atoms with Gasteiger partial charge in [-0.1, -0.05) is 146 Å². The zero-order chi connectivity index (χ0) is 29.5. The van der Waals surface area contributed by atoms with E-state index >= 15 is 0 Å². The molecule has 2 atom stereocenters. The average molecular weight is 572 g/mol. The summed E-state index contributed by atoms with van der Waals surface area (Å²) < 4.78 is 0. The van der Waals surface area contributed by atoms with Crippen LogP contribution in [0.1, 0.15) is 11.5 Å². The molecule has 0 N–H and O–H groups in total. The van der Waals surface area contributed by atoms with Crippen LogP contribution < -0.4 is 4.90 Å². The summed E-state index contributed by atoms with van der Waals surface area (Å²) in [6.07, 6.45) is 9.08. The Morgan fingerprint density at radius 1 is 0.444 bits per heavy atom. The minimum atomic E-state index is 0.288. The second-order valence-electron chi connectivity index (χ2n) is 12.4. The van der Waals surface area contributed by atoms with Gasteiger partial charge in [-0.15, -0.1) is 0 Å². The van der Waals surface area contributed by atoms with Crippen LogP contribution in [-0.2, 0) is 0 Å². The van der Waals surface area contributed by atoms with E-state index in [0.29, 0.717) is 5.92 Å². The lowest BCUT2D eigenvalue weighted by Gasteiger charge is -2.29. The van der Waals surface area contributed by atoms with Gasteiger partial charge < -0.3 is 4.90 Å². The molecule has 0 aromatic heterocycles. The van der Waals surface area contributed by atoms with Crippen LogP contribution in [0, 0.1) is 0 Å². The minimum absolute atomic E-state index is 0.288. The third-order valence-electron chi connectivity index (χ3n) is 10.1. The molecule has 1 aliphatic heterocycles. The highest BCUT2D eigenvalue weighted by Crippen LogP contribution is 2.49. The Kier molecular flexibility index (Phi) is 5.18. The summed E-state index contributed by atoms with van der Waals surface area (Å²) >= 11 is 0. The largest absolute Gasteiger partial charge is 0.333 e. The first-order valence-electron chi connectivity index (χ1n) is 15.9. The van der Waals surface area contributed by atoms with E-state index in [0.717, 1.165) is 0 Å². The predicted octanol–water partition coefficient (Wildman–Crippen LogP) is 11.8. The number of hydrogen-bond donors (Lipinski definition) is 0. The number of anilines is 2. The monoisotopic (exact) mass is 571 g/mol. The van der Waals surface area contributed by atoms with E-state index in [1.54, 1.807) is 0 Å². The van der Waals surface area contributed by atoms with E-state index in [1.165, 1.54) is 82.3 Å². The van der Waals surface area contributed by atoms with E-state index in [-0.39, 0.29) is 6.04 Å². The van der Waals surface area contributed by atoms with E-state index in [4.69, 9.17) is 0 Å². The molecule has 10 rings (SSSR count). The number of nitrogens with zero attached hydrogens (tertiary/aromatic N) is 1. The van der Waals surface area contributed by atoms with Crippen molar-refractivity contribution >= 4 is 54.5 Å². The molecule has 2 unspecified atom stereocenters. The smallest absolute Gasteiger partial charge is 0.0629 e. The molecule has 8 aromatic carbocycles. The molecule has 2 aliphatic rings. The fraction of sp³-hybridized carbons (Fsp3) is 0.0455. The summed E-state index contributed by atoms with van der Waals surface area (Å²) in [4.78, 5) is 2.52. The normalized spacial score (nSPS) is 17.1. The number of hydrogen-bond acceptors (Lipinski definition) is 1. The van der Waals surface area contributed by atoms with Crippen molar-refractivity contribution in [3.05, 3.63) is 169 Å². The minimum Gasteiger partial charge on any atom is -0.333 e. The van der Waals surface area contributed by atoms with Crippen LogP contribution in [0.5, 0.6) is 0 Å². The van der Waals surface area contributed by atoms with Gasteiger partial charge in [-0.3, -0.25) is 0 Å². The van der Waals surface area contributed by atoms with E-state index in [1.807, 2.05) is 0 Å². The van der Waals surface area contributed by atoms with Crippen LogP contribution in [0.2, 0.25) is 0 Å². The molecule has 0 fully saturated rings. The predicted molar refractivity (Wildman–Crippen MR) is 192 cm³/mol. The van der Waals surface area contributed by atoms with Gasteiger partial charge in [0.2, 0.25) is 0 Å². The van der Waals surface area contributed by atoms with E-state index in [9.17, 15) is 0 Å². The Bertz CT molecular complexity index is 2510. The van der Waals surface area contributed by atoms with Crippen molar-refractivity contribution in [1.29, 1.82) is 0 Å². The highest BCUT2D eigenvalue weighted by atomic mass is 15.2. The molecule has 0 spiro atoms. The quantitative estimate of drug-likeness (QED) is 0.191. The highest BCUT2D eigenvalue weighted by molar-refractivity contribution is 6.28.